The molecule has 1 fully saturated rings. The molecule has 0 radical (unpaired) electrons. The average Bonchev–Trinajstić information content (AvgIpc) is 2.62. The molecule has 1 aliphatic rings. The third-order valence-electron chi connectivity index (χ3n) is 2.46. The van der Waals surface area contributed by atoms with Gasteiger partial charge in [0.05, 0.1) is 4.91 Å². The molecule has 1 aromatic carbocycles. The number of aromatic hydroxyl groups is 1. The highest BCUT2D eigenvalue weighted by Crippen LogP contribution is 2.34. The molecule has 1 aliphatic heterocycles. The van der Waals surface area contributed by atoms with Crippen LogP contribution >= 0.6 is 46.6 Å². The van der Waals surface area contributed by atoms with E-state index in [0.29, 0.717) is 21.3 Å². The van der Waals surface area contributed by atoms with Gasteiger partial charge in [0.25, 0.3) is 5.91 Å². The highest BCUT2D eigenvalue weighted by atomic mass is 127. The summed E-state index contributed by atoms with van der Waals surface area (Å²) in [6, 6.07) is 5.23. The van der Waals surface area contributed by atoms with Gasteiger partial charge in [0.2, 0.25) is 0 Å². The summed E-state index contributed by atoms with van der Waals surface area (Å²) in [5, 5.41) is 9.79. The minimum Gasteiger partial charge on any atom is -0.507 e. The molecule has 1 saturated heterocycles. The third-order valence-corrected chi connectivity index (χ3v) is 4.51. The van der Waals surface area contributed by atoms with Crippen LogP contribution in [0.5, 0.6) is 5.75 Å². The molecule has 3 nitrogen and oxygen atoms in total. The first-order chi connectivity index (χ1) is 9.02. The number of thiocarbonyl (C=S) groups is 1. The fourth-order valence-electron chi connectivity index (χ4n) is 1.57. The van der Waals surface area contributed by atoms with Crippen molar-refractivity contribution in [2.45, 2.75) is 0 Å². The van der Waals surface area contributed by atoms with Gasteiger partial charge in [-0.05, 0) is 46.9 Å². The zero-order valence-electron chi connectivity index (χ0n) is 9.80. The Kier molecular flexibility index (Phi) is 4.64. The van der Waals surface area contributed by atoms with Gasteiger partial charge in [-0.15, -0.1) is 6.58 Å². The van der Waals surface area contributed by atoms with Crippen LogP contribution in [0.1, 0.15) is 5.56 Å². The van der Waals surface area contributed by atoms with E-state index in [1.807, 2.05) is 6.07 Å². The first kappa shape index (κ1) is 14.5. The minimum absolute atomic E-state index is 0.145. The lowest BCUT2D eigenvalue weighted by Crippen LogP contribution is -2.27. The van der Waals surface area contributed by atoms with Crippen LogP contribution in [0.2, 0.25) is 0 Å². The van der Waals surface area contributed by atoms with Crippen LogP contribution in [-0.4, -0.2) is 26.8 Å². The number of amides is 1. The van der Waals surface area contributed by atoms with E-state index >= 15 is 0 Å². The average molecular weight is 403 g/mol. The molecule has 0 spiro atoms. The second kappa shape index (κ2) is 6.06. The number of hydrogen-bond donors (Lipinski definition) is 1. The highest BCUT2D eigenvalue weighted by molar-refractivity contribution is 14.1. The van der Waals surface area contributed by atoms with Gasteiger partial charge in [0.1, 0.15) is 10.1 Å². The number of phenolic OH excluding ortho intramolecular Hbond substituents is 1. The maximum absolute atomic E-state index is 12.1. The van der Waals surface area contributed by atoms with E-state index in [-0.39, 0.29) is 11.7 Å². The van der Waals surface area contributed by atoms with E-state index in [1.165, 1.54) is 16.7 Å². The Hall–Kier alpha value is -0.860. The van der Waals surface area contributed by atoms with E-state index in [9.17, 15) is 9.90 Å². The summed E-state index contributed by atoms with van der Waals surface area (Å²) in [5.41, 5.74) is 0.617. The molecule has 6 heteroatoms. The number of halogens is 1. The normalized spacial score (nSPS) is 17.3. The Morgan fingerprint density at radius 1 is 1.53 bits per heavy atom. The predicted octanol–water partition coefficient (Wildman–Crippen LogP) is 3.38. The molecule has 2 rings (SSSR count). The van der Waals surface area contributed by atoms with Crippen molar-refractivity contribution in [1.29, 1.82) is 0 Å². The van der Waals surface area contributed by atoms with E-state index in [1.54, 1.807) is 24.3 Å². The number of carbonyl (C=O) groups excluding carboxylic acids is 1. The zero-order chi connectivity index (χ0) is 14.0. The van der Waals surface area contributed by atoms with Crippen LogP contribution in [0.4, 0.5) is 0 Å². The molecule has 1 heterocycles. The summed E-state index contributed by atoms with van der Waals surface area (Å²) in [4.78, 5) is 14.1. The Labute approximate surface area is 134 Å². The second-order valence-electron chi connectivity index (χ2n) is 3.78. The molecule has 0 saturated carbocycles. The molecule has 0 unspecified atom stereocenters. The van der Waals surface area contributed by atoms with Gasteiger partial charge in [-0.25, -0.2) is 0 Å². The smallest absolute Gasteiger partial charge is 0.266 e. The maximum Gasteiger partial charge on any atom is 0.266 e. The van der Waals surface area contributed by atoms with Crippen molar-refractivity contribution in [3.8, 4) is 5.75 Å². The van der Waals surface area contributed by atoms with Crippen molar-refractivity contribution >= 4 is 62.9 Å². The van der Waals surface area contributed by atoms with Crippen LogP contribution in [0, 0.1) is 3.57 Å². The fraction of sp³-hybridized carbons (Fsp3) is 0.0769. The van der Waals surface area contributed by atoms with Crippen LogP contribution in [-0.2, 0) is 4.79 Å². The third kappa shape index (κ3) is 3.18. The first-order valence-electron chi connectivity index (χ1n) is 5.37. The molecule has 1 N–H and O–H groups in total. The van der Waals surface area contributed by atoms with Crippen LogP contribution in [0.25, 0.3) is 6.08 Å². The van der Waals surface area contributed by atoms with E-state index in [0.717, 1.165) is 3.57 Å². The summed E-state index contributed by atoms with van der Waals surface area (Å²) in [7, 11) is 0. The largest absolute Gasteiger partial charge is 0.507 e. The maximum atomic E-state index is 12.1. The summed E-state index contributed by atoms with van der Waals surface area (Å²) >= 11 is 8.54. The molecule has 98 valence electrons. The highest BCUT2D eigenvalue weighted by Gasteiger charge is 2.31. The van der Waals surface area contributed by atoms with Gasteiger partial charge in [-0.1, -0.05) is 30.1 Å². The van der Waals surface area contributed by atoms with Crippen molar-refractivity contribution in [2.24, 2.45) is 0 Å². The van der Waals surface area contributed by atoms with Gasteiger partial charge in [-0.2, -0.15) is 0 Å². The molecule has 0 bridgehead atoms. The lowest BCUT2D eigenvalue weighted by Gasteiger charge is -2.10. The Bertz CT molecular complexity index is 598. The van der Waals surface area contributed by atoms with Gasteiger partial charge in [0, 0.05) is 15.7 Å². The molecule has 19 heavy (non-hydrogen) atoms. The monoisotopic (exact) mass is 403 g/mol. The van der Waals surface area contributed by atoms with Gasteiger partial charge in [-0.3, -0.25) is 9.69 Å². The van der Waals surface area contributed by atoms with Crippen molar-refractivity contribution in [1.82, 2.24) is 4.90 Å². The summed E-state index contributed by atoms with van der Waals surface area (Å²) in [5.74, 6) is 0.00238. The summed E-state index contributed by atoms with van der Waals surface area (Å²) in [6.07, 6.45) is 3.30. The summed E-state index contributed by atoms with van der Waals surface area (Å²) < 4.78 is 1.50. The first-order valence-corrected chi connectivity index (χ1v) is 7.68. The van der Waals surface area contributed by atoms with Crippen LogP contribution < -0.4 is 0 Å². The predicted molar refractivity (Wildman–Crippen MR) is 90.9 cm³/mol. The van der Waals surface area contributed by atoms with Gasteiger partial charge >= 0.3 is 0 Å². The molecular formula is C13H10INO2S2. The molecule has 0 atom stereocenters. The zero-order valence-corrected chi connectivity index (χ0v) is 13.6. The standard InChI is InChI=1S/C13H10INO2S2/c1-2-5-15-12(17)11(19-13(15)18)7-8-6-9(14)3-4-10(8)16/h2-4,6-7,16H,1,5H2/b11-7-. The van der Waals surface area contributed by atoms with Crippen molar-refractivity contribution < 1.29 is 9.90 Å². The quantitative estimate of drug-likeness (QED) is 0.364. The molecule has 0 aliphatic carbocycles. The van der Waals surface area contributed by atoms with Crippen LogP contribution in [0.3, 0.4) is 0 Å². The SMILES string of the molecule is C=CCN1C(=O)/C(=C/c2cc(I)ccc2O)SC1=S. The lowest BCUT2D eigenvalue weighted by atomic mass is 10.2. The fourth-order valence-corrected chi connectivity index (χ4v) is 3.35. The lowest BCUT2D eigenvalue weighted by molar-refractivity contribution is -0.121. The Balaban J connectivity index is 2.34. The van der Waals surface area contributed by atoms with Crippen molar-refractivity contribution in [2.75, 3.05) is 6.54 Å². The topological polar surface area (TPSA) is 40.5 Å². The van der Waals surface area contributed by atoms with Crippen molar-refractivity contribution in [3.63, 3.8) is 0 Å². The van der Waals surface area contributed by atoms with Gasteiger partial charge < -0.3 is 5.11 Å². The number of hydrogen-bond acceptors (Lipinski definition) is 4. The van der Waals surface area contributed by atoms with E-state index < -0.39 is 0 Å². The Morgan fingerprint density at radius 3 is 2.95 bits per heavy atom. The number of phenols is 1. The van der Waals surface area contributed by atoms with Crippen molar-refractivity contribution in [3.05, 3.63) is 44.9 Å². The molecular weight excluding hydrogens is 393 g/mol. The number of thioether (sulfide) groups is 1. The van der Waals surface area contributed by atoms with Gasteiger partial charge in [0.15, 0.2) is 0 Å². The van der Waals surface area contributed by atoms with E-state index in [4.69, 9.17) is 12.2 Å². The molecule has 0 aromatic heterocycles. The molecule has 1 amide bonds. The molecule has 1 aromatic rings. The summed E-state index contributed by atoms with van der Waals surface area (Å²) in [6.45, 7) is 4.01. The second-order valence-corrected chi connectivity index (χ2v) is 6.71. The number of benzene rings is 1. The minimum atomic E-state index is -0.145. The van der Waals surface area contributed by atoms with E-state index in [2.05, 4.69) is 29.2 Å². The van der Waals surface area contributed by atoms with Crippen LogP contribution in [0.15, 0.2) is 35.8 Å². The number of carbonyl (C=O) groups is 1. The Morgan fingerprint density at radius 2 is 2.26 bits per heavy atom. The number of nitrogens with zero attached hydrogens (tertiary/aromatic N) is 1. The number of rotatable bonds is 3.